The Morgan fingerprint density at radius 1 is 0.404 bits per heavy atom. The van der Waals surface area contributed by atoms with Crippen LogP contribution in [0.1, 0.15) is 11.1 Å². The molecule has 4 aromatic carbocycles. The molecule has 9 N–H and O–H groups in total. The molecule has 14 aromatic rings. The van der Waals surface area contributed by atoms with Gasteiger partial charge in [0.15, 0.2) is 11.0 Å². The molecule has 10 heterocycles. The van der Waals surface area contributed by atoms with E-state index >= 15 is 0 Å². The number of rotatable bonds is 11. The monoisotopic (exact) mass is 1250 g/mol. The third-order valence-corrected chi connectivity index (χ3v) is 15.5. The number of benzene rings is 4. The second-order valence-electron chi connectivity index (χ2n) is 19.2. The summed E-state index contributed by atoms with van der Waals surface area (Å²) in [5.41, 5.74) is 32.5. The van der Waals surface area contributed by atoms with Crippen molar-refractivity contribution in [3.05, 3.63) is 233 Å². The molecule has 0 fully saturated rings. The van der Waals surface area contributed by atoms with Gasteiger partial charge in [-0.2, -0.15) is 0 Å². The normalized spacial score (nSPS) is 10.7. The van der Waals surface area contributed by atoms with Gasteiger partial charge in [-0.05, 0) is 151 Å². The topological polar surface area (TPSA) is 302 Å². The average Bonchev–Trinajstić information content (AvgIpc) is 4.41. The summed E-state index contributed by atoms with van der Waals surface area (Å²) >= 11 is 15.3. The maximum absolute atomic E-state index is 6.08. The third-order valence-electron chi connectivity index (χ3n) is 12.8. The van der Waals surface area contributed by atoms with E-state index in [1.807, 2.05) is 91.0 Å². The summed E-state index contributed by atoms with van der Waals surface area (Å²) in [7, 11) is 0. The Kier molecular flexibility index (Phi) is 18.7. The Balaban J connectivity index is 0.000000133. The summed E-state index contributed by atoms with van der Waals surface area (Å²) in [6, 6.07) is 51.3. The predicted molar refractivity (Wildman–Crippen MR) is 355 cm³/mol. The molecular weight excluding hydrogens is 1200 g/mol. The molecule has 0 aliphatic carbocycles. The Hall–Kier alpha value is -11.2. The van der Waals surface area contributed by atoms with Crippen LogP contribution in [0.5, 0.6) is 23.3 Å². The summed E-state index contributed by atoms with van der Waals surface area (Å²) in [5, 5.41) is 29.8. The Bertz CT molecular complexity index is 4750. The van der Waals surface area contributed by atoms with Crippen LogP contribution in [-0.4, -0.2) is 65.3 Å². The first-order valence-electron chi connectivity index (χ1n) is 27.0. The van der Waals surface area contributed by atoms with Crippen molar-refractivity contribution in [2.75, 3.05) is 28.3 Å². The highest BCUT2D eigenvalue weighted by Crippen LogP contribution is 2.37. The number of nitrogen functional groups attached to an aromatic ring is 4. The molecule has 0 amide bonds. The Labute approximate surface area is 527 Å². The first-order chi connectivity index (χ1) is 43.4. The van der Waals surface area contributed by atoms with Crippen LogP contribution in [0.15, 0.2) is 212 Å². The van der Waals surface area contributed by atoms with E-state index in [1.165, 1.54) is 11.1 Å². The first-order valence-corrected chi connectivity index (χ1v) is 29.5. The van der Waals surface area contributed by atoms with Crippen LogP contribution in [0.3, 0.4) is 0 Å². The molecule has 24 heteroatoms. The maximum Gasteiger partial charge on any atom is 0.228 e. The SMILES string of the molecule is Cc1csc(-c2nnc(Cl)c3ccccc23)c1.Cc1csc(-c2nnc(Nc3ccc(Oc4ncccc4-c4ccnc(N)n4)cc3)c3ccccc23)c1.Nc1ccc(Oc2ncccc2-c2ccnc(N)n2)cc1.Nc1nccc(-c2cccnc2Cl)n1. The molecule has 0 unspecified atom stereocenters. The van der Waals surface area contributed by atoms with Crippen LogP contribution >= 0.6 is 45.9 Å². The van der Waals surface area contributed by atoms with Gasteiger partial charge in [0, 0.05) is 75.7 Å². The smallest absolute Gasteiger partial charge is 0.228 e. The number of hydrogen-bond donors (Lipinski definition) is 5. The highest BCUT2D eigenvalue weighted by Gasteiger charge is 2.16. The molecular formula is C65H50Cl2N18O2S2. The molecule has 0 atom stereocenters. The summed E-state index contributed by atoms with van der Waals surface area (Å²) in [4.78, 5) is 39.0. The molecule has 0 spiro atoms. The average molecular weight is 1250 g/mol. The minimum Gasteiger partial charge on any atom is -0.438 e. The van der Waals surface area contributed by atoms with Crippen LogP contribution < -0.4 is 37.7 Å². The van der Waals surface area contributed by atoms with Crippen molar-refractivity contribution in [1.82, 2.24) is 65.3 Å². The molecule has 14 rings (SSSR count). The molecule has 10 aromatic heterocycles. The summed E-state index contributed by atoms with van der Waals surface area (Å²) in [5.74, 6) is 3.46. The number of pyridine rings is 3. The van der Waals surface area contributed by atoms with Gasteiger partial charge >= 0.3 is 0 Å². The van der Waals surface area contributed by atoms with Gasteiger partial charge in [0.05, 0.1) is 38.0 Å². The molecule has 89 heavy (non-hydrogen) atoms. The lowest BCUT2D eigenvalue weighted by molar-refractivity contribution is 0.464. The fourth-order valence-electron chi connectivity index (χ4n) is 8.73. The third kappa shape index (κ3) is 14.9. The number of hydrogen-bond acceptors (Lipinski definition) is 22. The fourth-order valence-corrected chi connectivity index (χ4v) is 10.9. The minimum atomic E-state index is 0.192. The standard InChI is InChI=1S/C28H21N7OS.C15H13N5O.C13H9ClN2S.C9H7ClN4/c1-17-15-24(37-16-17)25-20-5-2-3-6-21(20)26(35-34-25)32-18-8-10-19(11-9-18)36-27-22(7-4-13-30-27)23-12-14-31-28(29)33-23;16-10-3-5-11(6-4-10)21-14-12(2-1-8-18-14)13-7-9-19-15(17)20-13;1-8-6-11(17-7-8)12-9-4-2-3-5-10(9)13(14)16-15-12;10-8-6(2-1-4-12-8)7-3-5-13-9(11)14-7/h2-16H,1H3,(H,32,35)(H2,29,31,33);1-9H,16H2,(H2,17,19,20);2-7H,1H3;1-5H,(H2,11,13,14). The second kappa shape index (κ2) is 27.9. The number of thiophene rings is 2. The predicted octanol–water partition coefficient (Wildman–Crippen LogP) is 15.2. The van der Waals surface area contributed by atoms with Crippen molar-refractivity contribution in [3.8, 4) is 78.2 Å². The zero-order valence-electron chi connectivity index (χ0n) is 47.2. The molecule has 0 saturated heterocycles. The number of halogens is 2. The van der Waals surface area contributed by atoms with E-state index in [1.54, 1.807) is 108 Å². The van der Waals surface area contributed by atoms with Crippen LogP contribution in [0.4, 0.5) is 35.0 Å². The fraction of sp³-hybridized carbons (Fsp3) is 0.0308. The van der Waals surface area contributed by atoms with Crippen molar-refractivity contribution in [2.24, 2.45) is 0 Å². The van der Waals surface area contributed by atoms with Gasteiger partial charge in [0.2, 0.25) is 29.6 Å². The Morgan fingerprint density at radius 3 is 1.33 bits per heavy atom. The molecule has 20 nitrogen and oxygen atoms in total. The van der Waals surface area contributed by atoms with Crippen molar-refractivity contribution >= 4 is 102 Å². The van der Waals surface area contributed by atoms with Gasteiger partial charge in [-0.25, -0.2) is 44.9 Å². The Morgan fingerprint density at radius 2 is 0.843 bits per heavy atom. The number of aryl methyl sites for hydroxylation is 2. The van der Waals surface area contributed by atoms with E-state index in [-0.39, 0.29) is 17.8 Å². The zero-order chi connectivity index (χ0) is 61.6. The summed E-state index contributed by atoms with van der Waals surface area (Å²) in [6.07, 6.45) is 9.73. The highest BCUT2D eigenvalue weighted by atomic mass is 35.5. The van der Waals surface area contributed by atoms with E-state index in [9.17, 15) is 0 Å². The first kappa shape index (κ1) is 59.6. The summed E-state index contributed by atoms with van der Waals surface area (Å²) < 4.78 is 11.9. The number of nitrogens with two attached hydrogens (primary N) is 4. The van der Waals surface area contributed by atoms with Gasteiger partial charge in [0.1, 0.15) is 28.0 Å². The maximum atomic E-state index is 6.08. The van der Waals surface area contributed by atoms with Gasteiger partial charge in [-0.3, -0.25) is 0 Å². The van der Waals surface area contributed by atoms with Gasteiger partial charge in [-0.15, -0.1) is 43.1 Å². The van der Waals surface area contributed by atoms with Crippen LogP contribution in [-0.2, 0) is 0 Å². The minimum absolute atomic E-state index is 0.192. The van der Waals surface area contributed by atoms with Crippen LogP contribution in [0.25, 0.3) is 76.5 Å². The lowest BCUT2D eigenvalue weighted by Gasteiger charge is -2.12. The second-order valence-corrected chi connectivity index (χ2v) is 21.7. The van der Waals surface area contributed by atoms with E-state index in [0.717, 1.165) is 65.1 Å². The van der Waals surface area contributed by atoms with Crippen LogP contribution in [0.2, 0.25) is 10.3 Å². The van der Waals surface area contributed by atoms with E-state index in [4.69, 9.17) is 55.6 Å². The van der Waals surface area contributed by atoms with Crippen molar-refractivity contribution in [2.45, 2.75) is 13.8 Å². The van der Waals surface area contributed by atoms with E-state index in [2.05, 4.69) is 119 Å². The van der Waals surface area contributed by atoms with Crippen molar-refractivity contribution < 1.29 is 9.47 Å². The molecule has 0 saturated carbocycles. The number of fused-ring (bicyclic) bond motifs is 2. The highest BCUT2D eigenvalue weighted by molar-refractivity contribution is 7.14. The largest absolute Gasteiger partial charge is 0.438 e. The number of aromatic nitrogens is 13. The van der Waals surface area contributed by atoms with Gasteiger partial charge in [-0.1, -0.05) is 71.7 Å². The lowest BCUT2D eigenvalue weighted by Crippen LogP contribution is -1.99. The molecule has 0 bridgehead atoms. The van der Waals surface area contributed by atoms with E-state index < -0.39 is 0 Å². The molecule has 0 aliphatic heterocycles. The van der Waals surface area contributed by atoms with Crippen LogP contribution in [0, 0.1) is 13.8 Å². The van der Waals surface area contributed by atoms with E-state index in [0.29, 0.717) is 62.2 Å². The zero-order valence-corrected chi connectivity index (χ0v) is 50.4. The number of ether oxygens (including phenoxy) is 2. The molecule has 0 aliphatic rings. The van der Waals surface area contributed by atoms with Crippen molar-refractivity contribution in [3.63, 3.8) is 0 Å². The number of nitrogens with one attached hydrogen (secondary N) is 1. The quantitative estimate of drug-likeness (QED) is 0.0593. The van der Waals surface area contributed by atoms with Gasteiger partial charge in [0.25, 0.3) is 0 Å². The van der Waals surface area contributed by atoms with Gasteiger partial charge < -0.3 is 37.7 Å². The molecule has 0 radical (unpaired) electrons. The van der Waals surface area contributed by atoms with Crippen molar-refractivity contribution in [1.29, 1.82) is 0 Å². The summed E-state index contributed by atoms with van der Waals surface area (Å²) in [6.45, 7) is 4.16. The molecule has 438 valence electrons. The lowest BCUT2D eigenvalue weighted by atomic mass is 10.1. The number of anilines is 6. The number of nitrogens with zero attached hydrogens (tertiary/aromatic N) is 13.